The Morgan fingerprint density at radius 1 is 1.03 bits per heavy atom. The first kappa shape index (κ1) is 25.9. The molecule has 39 heavy (non-hydrogen) atoms. The van der Waals surface area contributed by atoms with Crippen LogP contribution in [0.1, 0.15) is 73.6 Å². The van der Waals surface area contributed by atoms with E-state index >= 15 is 0 Å². The third-order valence-corrected chi connectivity index (χ3v) is 8.94. The zero-order chi connectivity index (χ0) is 27.1. The molecule has 7 nitrogen and oxygen atoms in total. The number of H-pyrrole nitrogens is 1. The Hall–Kier alpha value is -3.33. The van der Waals surface area contributed by atoms with E-state index in [0.29, 0.717) is 39.4 Å². The number of halogens is 2. The Morgan fingerprint density at radius 3 is 2.64 bits per heavy atom. The number of thioether (sulfide) groups is 1. The number of pyridine rings is 1. The molecule has 0 spiro atoms. The SMILES string of the molecule is CSc1ncccc1C(=O)N1Cc2[nH]nc(C(=O)N[C@H]3CC[C@@H](c4ccc(Cl)c(Cl)c4)c4ccccc43)c2C1. The van der Waals surface area contributed by atoms with Gasteiger partial charge in [0.15, 0.2) is 5.69 Å². The summed E-state index contributed by atoms with van der Waals surface area (Å²) in [6.07, 6.45) is 5.19. The molecular weight excluding hydrogens is 553 g/mol. The highest BCUT2D eigenvalue weighted by molar-refractivity contribution is 7.98. The molecule has 1 aliphatic heterocycles. The summed E-state index contributed by atoms with van der Waals surface area (Å²) in [7, 11) is 0. The lowest BCUT2D eigenvalue weighted by atomic mass is 9.76. The van der Waals surface area contributed by atoms with E-state index in [9.17, 15) is 9.59 Å². The number of fused-ring (bicyclic) bond motifs is 2. The van der Waals surface area contributed by atoms with Gasteiger partial charge in [-0.25, -0.2) is 4.98 Å². The number of amides is 2. The largest absolute Gasteiger partial charge is 0.344 e. The Bertz CT molecular complexity index is 1590. The van der Waals surface area contributed by atoms with Crippen LogP contribution in [0.2, 0.25) is 10.0 Å². The maximum Gasteiger partial charge on any atom is 0.272 e. The minimum absolute atomic E-state index is 0.113. The van der Waals surface area contributed by atoms with Gasteiger partial charge in [0, 0.05) is 17.7 Å². The lowest BCUT2D eigenvalue weighted by molar-refractivity contribution is 0.0742. The van der Waals surface area contributed by atoms with Gasteiger partial charge in [0.05, 0.1) is 40.4 Å². The summed E-state index contributed by atoms with van der Waals surface area (Å²) in [4.78, 5) is 32.7. The van der Waals surface area contributed by atoms with Crippen LogP contribution < -0.4 is 5.32 Å². The first-order chi connectivity index (χ1) is 18.9. The van der Waals surface area contributed by atoms with Crippen molar-refractivity contribution in [2.75, 3.05) is 6.26 Å². The van der Waals surface area contributed by atoms with E-state index in [1.807, 2.05) is 36.6 Å². The van der Waals surface area contributed by atoms with Crippen LogP contribution in [0, 0.1) is 0 Å². The smallest absolute Gasteiger partial charge is 0.272 e. The Labute approximate surface area is 240 Å². The monoisotopic (exact) mass is 577 g/mol. The fraction of sp³-hybridized carbons (Fsp3) is 0.241. The maximum atomic E-state index is 13.5. The van der Waals surface area contributed by atoms with E-state index in [2.05, 4.69) is 32.6 Å². The van der Waals surface area contributed by atoms with E-state index in [0.717, 1.165) is 40.8 Å². The molecule has 0 radical (unpaired) electrons. The summed E-state index contributed by atoms with van der Waals surface area (Å²) in [6.45, 7) is 0.686. The molecule has 0 bridgehead atoms. The van der Waals surface area contributed by atoms with Crippen molar-refractivity contribution < 1.29 is 9.59 Å². The molecule has 3 heterocycles. The van der Waals surface area contributed by atoms with Crippen molar-refractivity contribution in [3.05, 3.63) is 110 Å². The second-order valence-corrected chi connectivity index (χ2v) is 11.3. The van der Waals surface area contributed by atoms with Crippen LogP contribution in [0.3, 0.4) is 0 Å². The summed E-state index contributed by atoms with van der Waals surface area (Å²) in [6, 6.07) is 17.4. The van der Waals surface area contributed by atoms with Crippen LogP contribution in [0.4, 0.5) is 0 Å². The minimum Gasteiger partial charge on any atom is -0.344 e. The number of aromatic amines is 1. The van der Waals surface area contributed by atoms with E-state index in [4.69, 9.17) is 23.2 Å². The van der Waals surface area contributed by atoms with Crippen molar-refractivity contribution in [1.29, 1.82) is 0 Å². The Morgan fingerprint density at radius 2 is 1.85 bits per heavy atom. The molecule has 0 saturated carbocycles. The Balaban J connectivity index is 1.20. The van der Waals surface area contributed by atoms with Crippen molar-refractivity contribution in [1.82, 2.24) is 25.4 Å². The molecule has 2 amide bonds. The van der Waals surface area contributed by atoms with E-state index in [1.54, 1.807) is 23.2 Å². The number of nitrogens with zero attached hydrogens (tertiary/aromatic N) is 3. The molecule has 6 rings (SSSR count). The van der Waals surface area contributed by atoms with Crippen LogP contribution in [-0.4, -0.2) is 38.2 Å². The first-order valence-corrected chi connectivity index (χ1v) is 14.6. The van der Waals surface area contributed by atoms with Crippen LogP contribution >= 0.6 is 35.0 Å². The van der Waals surface area contributed by atoms with Gasteiger partial charge in [0.25, 0.3) is 11.8 Å². The number of hydrogen-bond acceptors (Lipinski definition) is 5. The molecular formula is C29H25Cl2N5O2S. The van der Waals surface area contributed by atoms with Gasteiger partial charge in [0.1, 0.15) is 5.03 Å². The molecule has 0 unspecified atom stereocenters. The number of benzene rings is 2. The summed E-state index contributed by atoms with van der Waals surface area (Å²) >= 11 is 13.9. The second kappa shape index (κ2) is 10.7. The molecule has 0 fully saturated rings. The van der Waals surface area contributed by atoms with Crippen molar-refractivity contribution in [2.45, 2.75) is 42.9 Å². The van der Waals surface area contributed by atoms with Crippen molar-refractivity contribution in [2.24, 2.45) is 0 Å². The third-order valence-electron chi connectivity index (χ3n) is 7.49. The topological polar surface area (TPSA) is 91.0 Å². The van der Waals surface area contributed by atoms with Gasteiger partial charge < -0.3 is 10.2 Å². The number of carbonyl (C=O) groups is 2. The van der Waals surface area contributed by atoms with Crippen LogP contribution in [0.5, 0.6) is 0 Å². The summed E-state index contributed by atoms with van der Waals surface area (Å²) in [5.41, 5.74) is 5.79. The van der Waals surface area contributed by atoms with E-state index in [-0.39, 0.29) is 23.8 Å². The van der Waals surface area contributed by atoms with Crippen LogP contribution in [0.15, 0.2) is 65.8 Å². The molecule has 2 aromatic heterocycles. The van der Waals surface area contributed by atoms with Crippen molar-refractivity contribution in [3.63, 3.8) is 0 Å². The number of hydrogen-bond donors (Lipinski definition) is 2. The van der Waals surface area contributed by atoms with Crippen molar-refractivity contribution >= 4 is 46.8 Å². The molecule has 198 valence electrons. The first-order valence-electron chi connectivity index (χ1n) is 12.6. The normalized spacial score (nSPS) is 18.0. The number of carbonyl (C=O) groups excluding carboxylic acids is 2. The number of rotatable bonds is 5. The molecule has 1 aliphatic carbocycles. The van der Waals surface area contributed by atoms with Gasteiger partial charge >= 0.3 is 0 Å². The number of nitrogens with one attached hydrogen (secondary N) is 2. The van der Waals surface area contributed by atoms with Crippen LogP contribution in [0.25, 0.3) is 0 Å². The molecule has 2 N–H and O–H groups in total. The highest BCUT2D eigenvalue weighted by Crippen LogP contribution is 2.42. The fourth-order valence-corrected chi connectivity index (χ4v) is 6.45. The highest BCUT2D eigenvalue weighted by atomic mass is 35.5. The predicted octanol–water partition coefficient (Wildman–Crippen LogP) is 6.39. The van der Waals surface area contributed by atoms with Crippen molar-refractivity contribution in [3.8, 4) is 0 Å². The average molecular weight is 579 g/mol. The molecule has 2 atom stereocenters. The molecule has 2 aromatic carbocycles. The quantitative estimate of drug-likeness (QED) is 0.268. The second-order valence-electron chi connectivity index (χ2n) is 9.71. The van der Waals surface area contributed by atoms with Gasteiger partial charge in [0.2, 0.25) is 0 Å². The van der Waals surface area contributed by atoms with Gasteiger partial charge in [-0.2, -0.15) is 5.10 Å². The molecule has 10 heteroatoms. The average Bonchev–Trinajstić information content (AvgIpc) is 3.56. The molecule has 0 saturated heterocycles. The van der Waals surface area contributed by atoms with Gasteiger partial charge in [-0.15, -0.1) is 11.8 Å². The predicted molar refractivity (Wildman–Crippen MR) is 152 cm³/mol. The lowest BCUT2D eigenvalue weighted by Gasteiger charge is -2.32. The van der Waals surface area contributed by atoms with E-state index in [1.165, 1.54) is 11.8 Å². The minimum atomic E-state index is -0.249. The standard InChI is InChI=1S/C29H25Cl2N5O2S/c1-39-28-20(7-4-12-32-28)29(38)36-14-21-25(15-36)34-35-26(21)27(37)33-24-11-9-17(18-5-2-3-6-19(18)24)16-8-10-22(30)23(31)13-16/h2-8,10,12-13,17,24H,9,11,14-15H2,1H3,(H,33,37)(H,34,35)/t17-,24-/m0/s1. The Kier molecular flexibility index (Phi) is 7.10. The molecule has 2 aliphatic rings. The van der Waals surface area contributed by atoms with Gasteiger partial charge in [-0.1, -0.05) is 53.5 Å². The lowest BCUT2D eigenvalue weighted by Crippen LogP contribution is -2.33. The fourth-order valence-electron chi connectivity index (χ4n) is 5.60. The summed E-state index contributed by atoms with van der Waals surface area (Å²) in [5.74, 6) is -0.198. The number of aromatic nitrogens is 3. The maximum absolute atomic E-state index is 13.5. The summed E-state index contributed by atoms with van der Waals surface area (Å²) < 4.78 is 0. The third kappa shape index (κ3) is 4.81. The highest BCUT2D eigenvalue weighted by Gasteiger charge is 2.34. The van der Waals surface area contributed by atoms with Crippen LogP contribution in [-0.2, 0) is 13.1 Å². The summed E-state index contributed by atoms with van der Waals surface area (Å²) in [5, 5.41) is 12.3. The van der Waals surface area contributed by atoms with Gasteiger partial charge in [-0.3, -0.25) is 14.7 Å². The zero-order valence-corrected chi connectivity index (χ0v) is 23.4. The van der Waals surface area contributed by atoms with E-state index < -0.39 is 0 Å². The zero-order valence-electron chi connectivity index (χ0n) is 21.1. The van der Waals surface area contributed by atoms with Gasteiger partial charge in [-0.05, 0) is 60.1 Å². The molecule has 4 aromatic rings.